The lowest BCUT2D eigenvalue weighted by Crippen LogP contribution is -2.32. The van der Waals surface area contributed by atoms with Crippen LogP contribution < -0.4 is 0 Å². The number of carbonyl (C=O) groups is 2. The Labute approximate surface area is 236 Å². The third kappa shape index (κ3) is 21.1. The molecule has 2 fully saturated rings. The molecule has 38 heavy (non-hydrogen) atoms. The summed E-state index contributed by atoms with van der Waals surface area (Å²) >= 11 is 0. The summed E-state index contributed by atoms with van der Waals surface area (Å²) in [6.45, 7) is 4.09. The average Bonchev–Trinajstić information content (AvgIpc) is 2.86. The molecule has 4 nitrogen and oxygen atoms in total. The van der Waals surface area contributed by atoms with E-state index in [4.69, 9.17) is 0 Å². The van der Waals surface area contributed by atoms with Crippen molar-refractivity contribution in [2.24, 2.45) is 11.8 Å². The number of hydrogen-bond acceptors (Lipinski definition) is 4. The highest BCUT2D eigenvalue weighted by Gasteiger charge is 2.28. The van der Waals surface area contributed by atoms with Gasteiger partial charge in [-0.25, -0.2) is 0 Å². The lowest BCUT2D eigenvalue weighted by molar-refractivity contribution is -0.181. The second-order valence-electron chi connectivity index (χ2n) is 12.8. The smallest absolute Gasteiger partial charge is 0.162 e. The normalized spacial score (nSPS) is 27.6. The molecule has 4 heteroatoms. The summed E-state index contributed by atoms with van der Waals surface area (Å²) in [5, 5.41) is 20.2. The topological polar surface area (TPSA) is 74.6 Å². The number of carbonyl (C=O) groups excluding carboxylic acids is 2. The van der Waals surface area contributed by atoms with Gasteiger partial charge in [0.05, 0.1) is 0 Å². The van der Waals surface area contributed by atoms with E-state index in [1.54, 1.807) is 0 Å². The summed E-state index contributed by atoms with van der Waals surface area (Å²) in [7, 11) is 0. The van der Waals surface area contributed by atoms with Gasteiger partial charge in [0.2, 0.25) is 0 Å². The van der Waals surface area contributed by atoms with Crippen LogP contribution in [0.4, 0.5) is 0 Å². The predicted octanol–water partition coefficient (Wildman–Crippen LogP) is 9.62. The summed E-state index contributed by atoms with van der Waals surface area (Å²) in [5.74, 6) is -0.325. The highest BCUT2D eigenvalue weighted by atomic mass is 16.5. The Bertz CT molecular complexity index is 567. The number of rotatable bonds is 0. The van der Waals surface area contributed by atoms with E-state index < -0.39 is 5.79 Å². The van der Waals surface area contributed by atoms with E-state index in [0.717, 1.165) is 44.9 Å². The van der Waals surface area contributed by atoms with Crippen molar-refractivity contribution in [3.63, 3.8) is 0 Å². The van der Waals surface area contributed by atoms with Crippen LogP contribution in [-0.4, -0.2) is 27.6 Å². The molecule has 0 aromatic rings. The van der Waals surface area contributed by atoms with Gasteiger partial charge in [0.1, 0.15) is 11.6 Å². The molecule has 0 aromatic carbocycles. The molecule has 2 unspecified atom stereocenters. The van der Waals surface area contributed by atoms with Crippen molar-refractivity contribution in [1.29, 1.82) is 0 Å². The Balaban J connectivity index is 0.000000389. The molecule has 2 aliphatic carbocycles. The molecule has 0 heterocycles. The molecule has 2 atom stereocenters. The molecule has 0 aliphatic heterocycles. The highest BCUT2D eigenvalue weighted by molar-refractivity contribution is 5.78. The van der Waals surface area contributed by atoms with Gasteiger partial charge in [0.25, 0.3) is 0 Å². The van der Waals surface area contributed by atoms with Crippen LogP contribution in [0.15, 0.2) is 0 Å². The van der Waals surface area contributed by atoms with E-state index in [1.165, 1.54) is 103 Å². The SMILES string of the molecule is CC1CC(=O)CCCCCCCCCCC(O)(O)CC1C.O=C1CCCCCCCCCCCCCCC1. The standard InChI is InChI=1S/C18H34O3.C16H30O/c1-15-13-17(19)11-9-7-5-3-4-6-8-10-12-18(20,21)14-16(15)2;17-16-14-12-10-8-6-4-2-1-3-5-7-9-11-13-15-16/h15-16,20-21H,3-14H2,1-2H3;1-15H2. The van der Waals surface area contributed by atoms with Crippen molar-refractivity contribution in [2.75, 3.05) is 0 Å². The van der Waals surface area contributed by atoms with Gasteiger partial charge in [0, 0.05) is 38.5 Å². The second-order valence-corrected chi connectivity index (χ2v) is 12.8. The van der Waals surface area contributed by atoms with E-state index in [0.29, 0.717) is 37.2 Å². The van der Waals surface area contributed by atoms with Crippen molar-refractivity contribution in [1.82, 2.24) is 0 Å². The first-order chi connectivity index (χ1) is 18.3. The molecule has 2 rings (SSSR count). The minimum Gasteiger partial charge on any atom is -0.366 e. The van der Waals surface area contributed by atoms with Gasteiger partial charge in [-0.05, 0) is 37.5 Å². The molecule has 0 bridgehead atoms. The summed E-state index contributed by atoms with van der Waals surface area (Å²) in [5.41, 5.74) is 0. The quantitative estimate of drug-likeness (QED) is 0.302. The minimum atomic E-state index is -1.56. The van der Waals surface area contributed by atoms with Crippen LogP contribution in [0.25, 0.3) is 0 Å². The van der Waals surface area contributed by atoms with Crippen LogP contribution in [0.5, 0.6) is 0 Å². The fraction of sp³-hybridized carbons (Fsp3) is 0.941. The van der Waals surface area contributed by atoms with Crippen LogP contribution in [0.1, 0.15) is 187 Å². The lowest BCUT2D eigenvalue weighted by Gasteiger charge is -2.28. The van der Waals surface area contributed by atoms with Crippen molar-refractivity contribution in [2.45, 2.75) is 193 Å². The van der Waals surface area contributed by atoms with E-state index in [2.05, 4.69) is 6.92 Å². The molecule has 2 aliphatic rings. The lowest BCUT2D eigenvalue weighted by atomic mass is 9.84. The average molecular weight is 537 g/mol. The van der Waals surface area contributed by atoms with Crippen molar-refractivity contribution >= 4 is 11.6 Å². The van der Waals surface area contributed by atoms with E-state index in [9.17, 15) is 19.8 Å². The molecule has 0 radical (unpaired) electrons. The maximum atomic E-state index is 12.0. The van der Waals surface area contributed by atoms with Crippen LogP contribution in [0, 0.1) is 11.8 Å². The van der Waals surface area contributed by atoms with Gasteiger partial charge in [-0.3, -0.25) is 9.59 Å². The summed E-state index contributed by atoms with van der Waals surface area (Å²) in [6.07, 6.45) is 30.2. The van der Waals surface area contributed by atoms with Gasteiger partial charge in [-0.2, -0.15) is 0 Å². The molecule has 2 N–H and O–H groups in total. The number of hydrogen-bond donors (Lipinski definition) is 2. The first kappa shape index (κ1) is 35.3. The first-order valence-electron chi connectivity index (χ1n) is 16.8. The Morgan fingerprint density at radius 3 is 1.18 bits per heavy atom. The van der Waals surface area contributed by atoms with Crippen LogP contribution in [0.3, 0.4) is 0 Å². The van der Waals surface area contributed by atoms with E-state index in [-0.39, 0.29) is 11.8 Å². The Morgan fingerprint density at radius 1 is 0.474 bits per heavy atom. The number of aliphatic hydroxyl groups is 2. The Hall–Kier alpha value is -0.740. The monoisotopic (exact) mass is 536 g/mol. The summed E-state index contributed by atoms with van der Waals surface area (Å²) < 4.78 is 0. The zero-order valence-corrected chi connectivity index (χ0v) is 25.5. The van der Waals surface area contributed by atoms with E-state index in [1.807, 2.05) is 6.92 Å². The van der Waals surface area contributed by atoms with Gasteiger partial charge in [-0.1, -0.05) is 123 Å². The Kier molecular flexibility index (Phi) is 21.4. The van der Waals surface area contributed by atoms with Crippen LogP contribution in [-0.2, 0) is 9.59 Å². The van der Waals surface area contributed by atoms with Crippen molar-refractivity contribution in [3.05, 3.63) is 0 Å². The van der Waals surface area contributed by atoms with Crippen molar-refractivity contribution in [3.8, 4) is 0 Å². The highest BCUT2D eigenvalue weighted by Crippen LogP contribution is 2.28. The molecule has 0 spiro atoms. The predicted molar refractivity (Wildman–Crippen MR) is 160 cm³/mol. The molecule has 0 aromatic heterocycles. The summed E-state index contributed by atoms with van der Waals surface area (Å²) in [4.78, 5) is 23.5. The minimum absolute atomic E-state index is 0.164. The van der Waals surface area contributed by atoms with Crippen LogP contribution in [0.2, 0.25) is 0 Å². The van der Waals surface area contributed by atoms with Gasteiger partial charge in [-0.15, -0.1) is 0 Å². The number of Topliss-reactive ketones (excluding diaryl/α,β-unsaturated/α-hetero) is 2. The zero-order chi connectivity index (χ0) is 27.9. The summed E-state index contributed by atoms with van der Waals surface area (Å²) in [6, 6.07) is 0. The molecule has 0 saturated heterocycles. The fourth-order valence-corrected chi connectivity index (χ4v) is 5.99. The first-order valence-corrected chi connectivity index (χ1v) is 16.8. The Morgan fingerprint density at radius 2 is 0.789 bits per heavy atom. The molecule has 224 valence electrons. The molecule has 0 amide bonds. The largest absolute Gasteiger partial charge is 0.366 e. The third-order valence-corrected chi connectivity index (χ3v) is 8.86. The van der Waals surface area contributed by atoms with E-state index >= 15 is 0 Å². The van der Waals surface area contributed by atoms with Crippen LogP contribution >= 0.6 is 0 Å². The second kappa shape index (κ2) is 23.0. The maximum Gasteiger partial charge on any atom is 0.162 e. The zero-order valence-electron chi connectivity index (χ0n) is 25.5. The van der Waals surface area contributed by atoms with Gasteiger partial charge >= 0.3 is 0 Å². The molecule has 2 saturated carbocycles. The maximum absolute atomic E-state index is 12.0. The van der Waals surface area contributed by atoms with Gasteiger partial charge < -0.3 is 10.2 Å². The van der Waals surface area contributed by atoms with Gasteiger partial charge in [0.15, 0.2) is 5.79 Å². The van der Waals surface area contributed by atoms with Crippen molar-refractivity contribution < 1.29 is 19.8 Å². The molecular formula is C34H64O4. The fourth-order valence-electron chi connectivity index (χ4n) is 5.99. The molecular weight excluding hydrogens is 472 g/mol. The third-order valence-electron chi connectivity index (χ3n) is 8.86. The number of ketones is 2.